The van der Waals surface area contributed by atoms with Gasteiger partial charge >= 0.3 is 0 Å². The molecular weight excluding hydrogens is 284 g/mol. The molecule has 0 aliphatic carbocycles. The third kappa shape index (κ3) is 5.46. The average Bonchev–Trinajstić information content (AvgIpc) is 2.41. The van der Waals surface area contributed by atoms with Crippen molar-refractivity contribution in [3.05, 3.63) is 28.8 Å². The smallest absolute Gasteiger partial charge is 0.252 e. The summed E-state index contributed by atoms with van der Waals surface area (Å²) < 4.78 is 4.79. The zero-order valence-corrected chi connectivity index (χ0v) is 11.9. The van der Waals surface area contributed by atoms with Crippen molar-refractivity contribution in [3.8, 4) is 5.75 Å². The third-order valence-electron chi connectivity index (χ3n) is 2.46. The molecule has 7 heteroatoms. The summed E-state index contributed by atoms with van der Waals surface area (Å²) in [7, 11) is 1.55. The first-order chi connectivity index (χ1) is 9.54. The van der Waals surface area contributed by atoms with Crippen LogP contribution in [0.2, 0.25) is 5.02 Å². The first-order valence-electron chi connectivity index (χ1n) is 6.07. The molecule has 3 N–H and O–H groups in total. The van der Waals surface area contributed by atoms with Crippen LogP contribution in [0.25, 0.3) is 0 Å². The summed E-state index contributed by atoms with van der Waals surface area (Å²) in [6.07, 6.45) is 0.159. The third-order valence-corrected chi connectivity index (χ3v) is 2.79. The van der Waals surface area contributed by atoms with E-state index < -0.39 is 5.91 Å². The zero-order chi connectivity index (χ0) is 15.0. The number of amides is 2. The lowest BCUT2D eigenvalue weighted by molar-refractivity contribution is -0.121. The fraction of sp³-hybridized carbons (Fsp3) is 0.385. The van der Waals surface area contributed by atoms with Gasteiger partial charge in [-0.3, -0.25) is 9.59 Å². The van der Waals surface area contributed by atoms with E-state index in [1.165, 1.54) is 18.2 Å². The minimum absolute atomic E-state index is 0.0446. The highest BCUT2D eigenvalue weighted by Crippen LogP contribution is 2.20. The zero-order valence-electron chi connectivity index (χ0n) is 11.1. The van der Waals surface area contributed by atoms with Gasteiger partial charge in [-0.1, -0.05) is 11.6 Å². The molecule has 6 nitrogen and oxygen atoms in total. The van der Waals surface area contributed by atoms with Gasteiger partial charge in [0.1, 0.15) is 5.75 Å². The van der Waals surface area contributed by atoms with Crippen molar-refractivity contribution >= 4 is 23.4 Å². The van der Waals surface area contributed by atoms with E-state index in [4.69, 9.17) is 16.3 Å². The van der Waals surface area contributed by atoms with Crippen LogP contribution in [0, 0.1) is 0 Å². The van der Waals surface area contributed by atoms with Crippen LogP contribution in [0.5, 0.6) is 5.75 Å². The van der Waals surface area contributed by atoms with E-state index in [2.05, 4.69) is 10.6 Å². The molecule has 0 heterocycles. The molecule has 0 aliphatic rings. The highest BCUT2D eigenvalue weighted by Gasteiger charge is 2.11. The Morgan fingerprint density at radius 1 is 1.30 bits per heavy atom. The lowest BCUT2D eigenvalue weighted by atomic mass is 10.2. The lowest BCUT2D eigenvalue weighted by Crippen LogP contribution is -2.32. The van der Waals surface area contributed by atoms with Crippen LogP contribution >= 0.6 is 11.6 Å². The number of phenolic OH excluding ortho intramolecular Hbond substituents is 1. The number of nitrogens with one attached hydrogen (secondary N) is 2. The molecule has 1 rings (SSSR count). The van der Waals surface area contributed by atoms with E-state index in [-0.39, 0.29) is 35.2 Å². The predicted molar refractivity (Wildman–Crippen MR) is 75.0 cm³/mol. The van der Waals surface area contributed by atoms with Gasteiger partial charge in [-0.05, 0) is 18.2 Å². The summed E-state index contributed by atoms with van der Waals surface area (Å²) in [5.41, 5.74) is 0.173. The normalized spacial score (nSPS) is 10.1. The number of carbonyl (C=O) groups is 2. The number of methoxy groups -OCH3 is 1. The van der Waals surface area contributed by atoms with E-state index in [0.717, 1.165) is 0 Å². The molecule has 1 aromatic carbocycles. The average molecular weight is 301 g/mol. The van der Waals surface area contributed by atoms with Crippen LogP contribution in [0.4, 0.5) is 0 Å². The molecule has 0 atom stereocenters. The second-order valence-electron chi connectivity index (χ2n) is 4.01. The van der Waals surface area contributed by atoms with Gasteiger partial charge in [-0.15, -0.1) is 0 Å². The number of hydrogen-bond acceptors (Lipinski definition) is 4. The molecule has 20 heavy (non-hydrogen) atoms. The van der Waals surface area contributed by atoms with Crippen molar-refractivity contribution in [1.82, 2.24) is 10.6 Å². The summed E-state index contributed by atoms with van der Waals surface area (Å²) in [5.74, 6) is -0.656. The van der Waals surface area contributed by atoms with Gasteiger partial charge in [0.15, 0.2) is 0 Å². The first kappa shape index (κ1) is 16.3. The lowest BCUT2D eigenvalue weighted by Gasteiger charge is -2.07. The Labute approximate surface area is 122 Å². The maximum atomic E-state index is 11.8. The van der Waals surface area contributed by atoms with Gasteiger partial charge in [0.05, 0.1) is 17.2 Å². The standard InChI is InChI=1S/C13H17ClN2O4/c1-20-7-6-15-12(18)4-5-16-13(19)10-8-9(17)2-3-11(10)14/h2-3,8,17H,4-7H2,1H3,(H,15,18)(H,16,19). The van der Waals surface area contributed by atoms with Gasteiger partial charge in [0.25, 0.3) is 5.91 Å². The maximum absolute atomic E-state index is 11.8. The van der Waals surface area contributed by atoms with Crippen LogP contribution in [0.1, 0.15) is 16.8 Å². The van der Waals surface area contributed by atoms with E-state index in [9.17, 15) is 14.7 Å². The van der Waals surface area contributed by atoms with Crippen LogP contribution in [0.3, 0.4) is 0 Å². The molecule has 0 aromatic heterocycles. The highest BCUT2D eigenvalue weighted by molar-refractivity contribution is 6.33. The van der Waals surface area contributed by atoms with Gasteiger partial charge in [0.2, 0.25) is 5.91 Å². The van der Waals surface area contributed by atoms with E-state index in [0.29, 0.717) is 13.2 Å². The number of carbonyl (C=O) groups excluding carboxylic acids is 2. The molecule has 0 saturated carbocycles. The number of hydrogen-bond donors (Lipinski definition) is 3. The Hall–Kier alpha value is -1.79. The van der Waals surface area contributed by atoms with Gasteiger partial charge in [0, 0.05) is 26.6 Å². The highest BCUT2D eigenvalue weighted by atomic mass is 35.5. The second kappa shape index (κ2) is 8.39. The Morgan fingerprint density at radius 2 is 2.05 bits per heavy atom. The number of phenols is 1. The van der Waals surface area contributed by atoms with Crippen LogP contribution in [0.15, 0.2) is 18.2 Å². The summed E-state index contributed by atoms with van der Waals surface area (Å²) in [6.45, 7) is 1.06. The molecule has 0 aliphatic heterocycles. The van der Waals surface area contributed by atoms with Crippen LogP contribution in [-0.4, -0.2) is 43.7 Å². The second-order valence-corrected chi connectivity index (χ2v) is 4.42. The van der Waals surface area contributed by atoms with Gasteiger partial charge in [-0.2, -0.15) is 0 Å². The molecule has 2 amide bonds. The summed E-state index contributed by atoms with van der Waals surface area (Å²) in [5, 5.41) is 14.7. The number of aromatic hydroxyl groups is 1. The van der Waals surface area contributed by atoms with Gasteiger partial charge < -0.3 is 20.5 Å². The SMILES string of the molecule is COCCNC(=O)CCNC(=O)c1cc(O)ccc1Cl. The monoisotopic (exact) mass is 300 g/mol. The van der Waals surface area contributed by atoms with Crippen LogP contribution in [-0.2, 0) is 9.53 Å². The number of ether oxygens (including phenoxy) is 1. The molecule has 0 saturated heterocycles. The summed E-state index contributed by atoms with van der Waals surface area (Å²) in [6, 6.07) is 4.10. The maximum Gasteiger partial charge on any atom is 0.252 e. The molecule has 0 radical (unpaired) electrons. The minimum atomic E-state index is -0.435. The number of rotatable bonds is 7. The van der Waals surface area contributed by atoms with Crippen molar-refractivity contribution in [2.75, 3.05) is 26.8 Å². The Bertz CT molecular complexity index is 479. The van der Waals surface area contributed by atoms with Gasteiger partial charge in [-0.25, -0.2) is 0 Å². The molecule has 0 spiro atoms. The summed E-state index contributed by atoms with van der Waals surface area (Å²) >= 11 is 5.85. The Balaban J connectivity index is 2.36. The molecular formula is C13H17ClN2O4. The largest absolute Gasteiger partial charge is 0.508 e. The molecule has 0 unspecified atom stereocenters. The fourth-order valence-electron chi connectivity index (χ4n) is 1.45. The predicted octanol–water partition coefficient (Wildman–Crippen LogP) is 0.928. The molecule has 0 bridgehead atoms. The quantitative estimate of drug-likeness (QED) is 0.654. The molecule has 110 valence electrons. The van der Waals surface area contributed by atoms with Crippen molar-refractivity contribution < 1.29 is 19.4 Å². The Morgan fingerprint density at radius 3 is 2.75 bits per heavy atom. The Kier molecular flexibility index (Phi) is 6.83. The fourth-order valence-corrected chi connectivity index (χ4v) is 1.66. The summed E-state index contributed by atoms with van der Waals surface area (Å²) in [4.78, 5) is 23.2. The van der Waals surface area contributed by atoms with E-state index in [1.807, 2.05) is 0 Å². The first-order valence-corrected chi connectivity index (χ1v) is 6.44. The van der Waals surface area contributed by atoms with Crippen LogP contribution < -0.4 is 10.6 Å². The van der Waals surface area contributed by atoms with E-state index in [1.54, 1.807) is 7.11 Å². The van der Waals surface area contributed by atoms with Crippen molar-refractivity contribution in [2.45, 2.75) is 6.42 Å². The van der Waals surface area contributed by atoms with Crippen molar-refractivity contribution in [1.29, 1.82) is 0 Å². The number of halogens is 1. The van der Waals surface area contributed by atoms with Crippen molar-refractivity contribution in [3.63, 3.8) is 0 Å². The molecule has 1 aromatic rings. The van der Waals surface area contributed by atoms with Crippen molar-refractivity contribution in [2.24, 2.45) is 0 Å². The number of benzene rings is 1. The topological polar surface area (TPSA) is 87.7 Å². The minimum Gasteiger partial charge on any atom is -0.508 e. The van der Waals surface area contributed by atoms with E-state index >= 15 is 0 Å². The molecule has 0 fully saturated rings.